The molecule has 0 aliphatic carbocycles. The van der Waals surface area contributed by atoms with Crippen LogP contribution in [0.5, 0.6) is 5.75 Å². The molecule has 2 atom stereocenters. The van der Waals surface area contributed by atoms with Gasteiger partial charge in [0.25, 0.3) is 0 Å². The highest BCUT2D eigenvalue weighted by Crippen LogP contribution is 2.30. The minimum absolute atomic E-state index is 0.105. The predicted octanol–water partition coefficient (Wildman–Crippen LogP) is 2.18. The Bertz CT molecular complexity index is 531. The molecule has 1 aliphatic rings. The van der Waals surface area contributed by atoms with Crippen LogP contribution in [0.3, 0.4) is 0 Å². The van der Waals surface area contributed by atoms with Gasteiger partial charge in [-0.15, -0.1) is 0 Å². The molecule has 118 valence electrons. The van der Waals surface area contributed by atoms with Gasteiger partial charge in [0.1, 0.15) is 21.7 Å². The number of rotatable bonds is 8. The number of hydrogen-bond acceptors (Lipinski definition) is 4. The smallest absolute Gasteiger partial charge is 0.147 e. The zero-order chi connectivity index (χ0) is 15.3. The highest BCUT2D eigenvalue weighted by molar-refractivity contribution is 7.90. The summed E-state index contributed by atoms with van der Waals surface area (Å²) in [6.07, 6.45) is 4.86. The Morgan fingerprint density at radius 2 is 2.14 bits per heavy atom. The van der Waals surface area contributed by atoms with Crippen molar-refractivity contribution in [2.75, 3.05) is 18.6 Å². The second kappa shape index (κ2) is 7.27. The summed E-state index contributed by atoms with van der Waals surface area (Å²) in [7, 11) is -2.89. The van der Waals surface area contributed by atoms with E-state index in [1.54, 1.807) is 0 Å². The molecule has 1 aliphatic heterocycles. The number of para-hydroxylation sites is 1. The van der Waals surface area contributed by atoms with Crippen LogP contribution in [0.25, 0.3) is 0 Å². The van der Waals surface area contributed by atoms with Gasteiger partial charge in [-0.05, 0) is 37.4 Å². The van der Waals surface area contributed by atoms with Gasteiger partial charge in [-0.3, -0.25) is 0 Å². The Balaban J connectivity index is 1.94. The number of nitrogens with one attached hydrogen (secondary N) is 1. The molecule has 0 saturated carbocycles. The lowest BCUT2D eigenvalue weighted by atomic mass is 10.0. The summed E-state index contributed by atoms with van der Waals surface area (Å²) in [6.45, 7) is 3.06. The maximum Gasteiger partial charge on any atom is 0.147 e. The number of hydrogen-bond donors (Lipinski definition) is 1. The minimum Gasteiger partial charge on any atom is -0.488 e. The van der Waals surface area contributed by atoms with Crippen molar-refractivity contribution in [1.82, 2.24) is 5.32 Å². The molecule has 1 N–H and O–H groups in total. The van der Waals surface area contributed by atoms with Gasteiger partial charge in [0.2, 0.25) is 0 Å². The van der Waals surface area contributed by atoms with Crippen LogP contribution in [0.1, 0.15) is 31.7 Å². The molecule has 0 bridgehead atoms. The molecule has 0 spiro atoms. The van der Waals surface area contributed by atoms with Crippen LogP contribution in [0, 0.1) is 0 Å². The van der Waals surface area contributed by atoms with Crippen molar-refractivity contribution in [3.05, 3.63) is 29.8 Å². The topological polar surface area (TPSA) is 55.4 Å². The molecule has 1 aromatic rings. The minimum atomic E-state index is -2.89. The van der Waals surface area contributed by atoms with Crippen molar-refractivity contribution in [2.24, 2.45) is 0 Å². The zero-order valence-corrected chi connectivity index (χ0v) is 13.7. The van der Waals surface area contributed by atoms with Crippen LogP contribution in [0.15, 0.2) is 24.3 Å². The van der Waals surface area contributed by atoms with Crippen LogP contribution in [0.4, 0.5) is 0 Å². The average molecular weight is 311 g/mol. The van der Waals surface area contributed by atoms with Gasteiger partial charge >= 0.3 is 0 Å². The van der Waals surface area contributed by atoms with E-state index in [4.69, 9.17) is 4.74 Å². The molecule has 0 amide bonds. The average Bonchev–Trinajstić information content (AvgIpc) is 2.85. The summed E-state index contributed by atoms with van der Waals surface area (Å²) in [5.41, 5.74) is 1.24. The number of ether oxygens (including phenoxy) is 1. The van der Waals surface area contributed by atoms with E-state index in [0.717, 1.165) is 31.6 Å². The Morgan fingerprint density at radius 1 is 1.38 bits per heavy atom. The Morgan fingerprint density at radius 3 is 2.81 bits per heavy atom. The summed E-state index contributed by atoms with van der Waals surface area (Å²) in [4.78, 5) is 0. The fourth-order valence-electron chi connectivity index (χ4n) is 2.75. The van der Waals surface area contributed by atoms with Crippen LogP contribution >= 0.6 is 0 Å². The van der Waals surface area contributed by atoms with E-state index < -0.39 is 9.84 Å². The highest BCUT2D eigenvalue weighted by atomic mass is 32.2. The normalized spacial score (nSPS) is 19.0. The van der Waals surface area contributed by atoms with Crippen LogP contribution in [-0.2, 0) is 16.3 Å². The van der Waals surface area contributed by atoms with Crippen molar-refractivity contribution in [1.29, 1.82) is 0 Å². The molecule has 0 fully saturated rings. The molecular weight excluding hydrogens is 286 g/mol. The molecule has 5 heteroatoms. The van der Waals surface area contributed by atoms with E-state index in [2.05, 4.69) is 18.3 Å². The van der Waals surface area contributed by atoms with Gasteiger partial charge in [0, 0.05) is 24.5 Å². The first-order chi connectivity index (χ1) is 9.99. The molecule has 1 aromatic carbocycles. The van der Waals surface area contributed by atoms with Crippen molar-refractivity contribution >= 4 is 9.84 Å². The third-order valence-corrected chi connectivity index (χ3v) is 4.84. The lowest BCUT2D eigenvalue weighted by molar-refractivity contribution is 0.171. The van der Waals surface area contributed by atoms with Gasteiger partial charge in [-0.25, -0.2) is 8.42 Å². The monoisotopic (exact) mass is 311 g/mol. The van der Waals surface area contributed by atoms with E-state index in [1.165, 1.54) is 11.8 Å². The molecule has 0 radical (unpaired) electrons. The van der Waals surface area contributed by atoms with Gasteiger partial charge in [0.15, 0.2) is 0 Å². The van der Waals surface area contributed by atoms with Crippen molar-refractivity contribution in [3.63, 3.8) is 0 Å². The van der Waals surface area contributed by atoms with Crippen LogP contribution in [-0.4, -0.2) is 39.1 Å². The molecular formula is C16H25NO3S. The van der Waals surface area contributed by atoms with Gasteiger partial charge < -0.3 is 10.1 Å². The third kappa shape index (κ3) is 5.00. The molecule has 21 heavy (non-hydrogen) atoms. The summed E-state index contributed by atoms with van der Waals surface area (Å²) >= 11 is 0. The summed E-state index contributed by atoms with van der Waals surface area (Å²) in [6, 6.07) is 8.33. The van der Waals surface area contributed by atoms with Crippen LogP contribution in [0.2, 0.25) is 0 Å². The predicted molar refractivity (Wildman–Crippen MR) is 85.6 cm³/mol. The SMILES string of the molecule is CCCNC(CCCS(C)(=O)=O)C1Cc2ccccc2O1. The maximum absolute atomic E-state index is 11.3. The largest absolute Gasteiger partial charge is 0.488 e. The molecule has 0 saturated heterocycles. The number of sulfone groups is 1. The van der Waals surface area contributed by atoms with E-state index >= 15 is 0 Å². The second-order valence-electron chi connectivity index (χ2n) is 5.80. The lowest BCUT2D eigenvalue weighted by Gasteiger charge is -2.24. The first kappa shape index (κ1) is 16.3. The van der Waals surface area contributed by atoms with Gasteiger partial charge in [0.05, 0.1) is 0 Å². The first-order valence-corrected chi connectivity index (χ1v) is 9.71. The fourth-order valence-corrected chi connectivity index (χ4v) is 3.44. The van der Waals surface area contributed by atoms with Crippen molar-refractivity contribution in [3.8, 4) is 5.75 Å². The van der Waals surface area contributed by atoms with Gasteiger partial charge in [-0.1, -0.05) is 25.1 Å². The van der Waals surface area contributed by atoms with Crippen molar-refractivity contribution in [2.45, 2.75) is 44.8 Å². The molecule has 2 rings (SSSR count). The molecule has 2 unspecified atom stereocenters. The quantitative estimate of drug-likeness (QED) is 0.799. The van der Waals surface area contributed by atoms with E-state index in [1.807, 2.05) is 18.2 Å². The summed E-state index contributed by atoms with van der Waals surface area (Å²) < 4.78 is 28.6. The fraction of sp³-hybridized carbons (Fsp3) is 0.625. The highest BCUT2D eigenvalue weighted by Gasteiger charge is 2.29. The Hall–Kier alpha value is -1.07. The number of benzene rings is 1. The molecule has 4 nitrogen and oxygen atoms in total. The summed E-state index contributed by atoms with van der Waals surface area (Å²) in [5, 5.41) is 3.51. The van der Waals surface area contributed by atoms with Gasteiger partial charge in [-0.2, -0.15) is 0 Å². The van der Waals surface area contributed by atoms with Crippen molar-refractivity contribution < 1.29 is 13.2 Å². The standard InChI is InChI=1S/C16H25NO3S/c1-3-10-17-14(8-6-11-21(2,18)19)16-12-13-7-4-5-9-15(13)20-16/h4-5,7,9,14,16-17H,3,6,8,10-12H2,1-2H3. The molecule has 0 aromatic heterocycles. The second-order valence-corrected chi connectivity index (χ2v) is 8.06. The lowest BCUT2D eigenvalue weighted by Crippen LogP contribution is -2.43. The Labute approximate surface area is 127 Å². The number of fused-ring (bicyclic) bond motifs is 1. The van der Waals surface area contributed by atoms with E-state index in [9.17, 15) is 8.42 Å². The first-order valence-electron chi connectivity index (χ1n) is 7.65. The van der Waals surface area contributed by atoms with Crippen LogP contribution < -0.4 is 10.1 Å². The van der Waals surface area contributed by atoms with E-state index in [0.29, 0.717) is 6.42 Å². The van der Waals surface area contributed by atoms with E-state index in [-0.39, 0.29) is 17.9 Å². The summed E-state index contributed by atoms with van der Waals surface area (Å²) in [5.74, 6) is 1.21. The molecule has 1 heterocycles. The Kier molecular flexibility index (Phi) is 5.65. The zero-order valence-electron chi connectivity index (χ0n) is 12.8. The third-order valence-electron chi connectivity index (χ3n) is 3.81. The maximum atomic E-state index is 11.3.